The molecule has 2 aromatic heterocycles. The first-order chi connectivity index (χ1) is 11.3. The number of hydrogen-bond acceptors (Lipinski definition) is 4. The Hall–Kier alpha value is -1.46. The van der Waals surface area contributed by atoms with Crippen LogP contribution in [0.15, 0.2) is 18.3 Å². The van der Waals surface area contributed by atoms with Crippen molar-refractivity contribution in [1.82, 2.24) is 24.8 Å². The van der Waals surface area contributed by atoms with Crippen molar-refractivity contribution >= 4 is 11.2 Å². The fourth-order valence-corrected chi connectivity index (χ4v) is 4.13. The van der Waals surface area contributed by atoms with E-state index in [-0.39, 0.29) is 0 Å². The van der Waals surface area contributed by atoms with Crippen molar-refractivity contribution in [2.75, 3.05) is 26.7 Å². The lowest BCUT2D eigenvalue weighted by Gasteiger charge is -2.33. The lowest BCUT2D eigenvalue weighted by molar-refractivity contribution is 0.166. The Labute approximate surface area is 138 Å². The summed E-state index contributed by atoms with van der Waals surface area (Å²) in [6, 6.07) is 4.72. The molecule has 0 radical (unpaired) electrons. The Morgan fingerprint density at radius 3 is 2.91 bits per heavy atom. The van der Waals surface area contributed by atoms with Gasteiger partial charge in [-0.3, -0.25) is 0 Å². The van der Waals surface area contributed by atoms with E-state index < -0.39 is 0 Å². The highest BCUT2D eigenvalue weighted by Gasteiger charge is 2.26. The van der Waals surface area contributed by atoms with Crippen LogP contribution < -0.4 is 5.32 Å². The number of pyridine rings is 1. The Morgan fingerprint density at radius 1 is 1.22 bits per heavy atom. The monoisotopic (exact) mass is 313 g/mol. The van der Waals surface area contributed by atoms with Gasteiger partial charge >= 0.3 is 0 Å². The normalized spacial score (nSPS) is 24.3. The van der Waals surface area contributed by atoms with Gasteiger partial charge in [0.25, 0.3) is 0 Å². The van der Waals surface area contributed by atoms with Crippen LogP contribution in [-0.4, -0.2) is 52.2 Å². The quantitative estimate of drug-likeness (QED) is 0.945. The van der Waals surface area contributed by atoms with Gasteiger partial charge in [-0.2, -0.15) is 0 Å². The van der Waals surface area contributed by atoms with Crippen molar-refractivity contribution < 1.29 is 0 Å². The summed E-state index contributed by atoms with van der Waals surface area (Å²) in [5.41, 5.74) is 2.12. The first-order valence-electron chi connectivity index (χ1n) is 9.05. The third-order valence-electron chi connectivity index (χ3n) is 5.55. The summed E-state index contributed by atoms with van der Waals surface area (Å²) in [7, 11) is 2.26. The second-order valence-electron chi connectivity index (χ2n) is 7.08. The minimum atomic E-state index is 0.569. The second kappa shape index (κ2) is 6.57. The lowest BCUT2D eigenvalue weighted by Crippen LogP contribution is -2.39. The summed E-state index contributed by atoms with van der Waals surface area (Å²) in [6.07, 6.45) is 8.23. The molecule has 2 aromatic rings. The van der Waals surface area contributed by atoms with E-state index in [1.165, 1.54) is 44.5 Å². The van der Waals surface area contributed by atoms with Crippen LogP contribution in [0.25, 0.3) is 11.2 Å². The molecule has 0 spiro atoms. The van der Waals surface area contributed by atoms with Gasteiger partial charge in [0.1, 0.15) is 11.3 Å². The molecule has 5 heteroatoms. The van der Waals surface area contributed by atoms with Crippen LogP contribution in [0.4, 0.5) is 0 Å². The van der Waals surface area contributed by atoms with Gasteiger partial charge in [0.05, 0.1) is 0 Å². The van der Waals surface area contributed by atoms with Crippen molar-refractivity contribution in [3.8, 4) is 0 Å². The first-order valence-corrected chi connectivity index (χ1v) is 9.05. The molecule has 0 saturated carbocycles. The third kappa shape index (κ3) is 3.00. The fourth-order valence-electron chi connectivity index (χ4n) is 4.13. The average molecular weight is 313 g/mol. The molecule has 23 heavy (non-hydrogen) atoms. The van der Waals surface area contributed by atoms with Crippen LogP contribution >= 0.6 is 0 Å². The number of aromatic nitrogens is 3. The molecule has 0 aliphatic carbocycles. The molecular formula is C18H27N5. The highest BCUT2D eigenvalue weighted by molar-refractivity contribution is 5.71. The van der Waals surface area contributed by atoms with Gasteiger partial charge in [-0.25, -0.2) is 9.97 Å². The number of nitrogens with one attached hydrogen (secondary N) is 1. The minimum Gasteiger partial charge on any atom is -0.317 e. The molecule has 2 fully saturated rings. The Morgan fingerprint density at radius 2 is 2.09 bits per heavy atom. The molecular weight excluding hydrogens is 286 g/mol. The lowest BCUT2D eigenvalue weighted by atomic mass is 9.97. The number of fused-ring (bicyclic) bond motifs is 1. The van der Waals surface area contributed by atoms with E-state index >= 15 is 0 Å². The summed E-state index contributed by atoms with van der Waals surface area (Å²) in [4.78, 5) is 12.2. The number of piperidine rings is 2. The van der Waals surface area contributed by atoms with Crippen LogP contribution in [0.2, 0.25) is 0 Å². The third-order valence-corrected chi connectivity index (χ3v) is 5.55. The molecule has 2 saturated heterocycles. The largest absolute Gasteiger partial charge is 0.317 e. The van der Waals surface area contributed by atoms with E-state index in [0.29, 0.717) is 12.0 Å². The number of rotatable bonds is 3. The maximum Gasteiger partial charge on any atom is 0.160 e. The van der Waals surface area contributed by atoms with E-state index in [1.807, 2.05) is 12.3 Å². The smallest absolute Gasteiger partial charge is 0.160 e. The summed E-state index contributed by atoms with van der Waals surface area (Å²) >= 11 is 0. The van der Waals surface area contributed by atoms with E-state index in [0.717, 1.165) is 30.8 Å². The van der Waals surface area contributed by atoms with Crippen LogP contribution in [0.3, 0.4) is 0 Å². The zero-order valence-corrected chi connectivity index (χ0v) is 14.0. The number of nitrogens with zero attached hydrogens (tertiary/aromatic N) is 4. The Bertz CT molecular complexity index is 658. The second-order valence-corrected chi connectivity index (χ2v) is 7.08. The predicted molar refractivity (Wildman–Crippen MR) is 92.6 cm³/mol. The molecule has 1 unspecified atom stereocenters. The highest BCUT2D eigenvalue weighted by atomic mass is 15.2. The van der Waals surface area contributed by atoms with E-state index in [4.69, 9.17) is 4.98 Å². The predicted octanol–water partition coefficient (Wildman–Crippen LogP) is 2.38. The van der Waals surface area contributed by atoms with Gasteiger partial charge < -0.3 is 14.8 Å². The number of imidazole rings is 1. The topological polar surface area (TPSA) is 46.0 Å². The summed E-state index contributed by atoms with van der Waals surface area (Å²) in [5, 5.41) is 3.47. The van der Waals surface area contributed by atoms with Crippen molar-refractivity contribution in [2.24, 2.45) is 0 Å². The first kappa shape index (κ1) is 15.1. The highest BCUT2D eigenvalue weighted by Crippen LogP contribution is 2.29. The fraction of sp³-hybridized carbons (Fsp3) is 0.667. The molecule has 1 N–H and O–H groups in total. The van der Waals surface area contributed by atoms with Crippen LogP contribution in [0.5, 0.6) is 0 Å². The van der Waals surface area contributed by atoms with Gasteiger partial charge in [-0.05, 0) is 64.5 Å². The molecule has 1 atom stereocenters. The maximum atomic E-state index is 4.98. The van der Waals surface area contributed by atoms with Crippen molar-refractivity contribution in [2.45, 2.75) is 50.6 Å². The van der Waals surface area contributed by atoms with Gasteiger partial charge in [0.2, 0.25) is 0 Å². The van der Waals surface area contributed by atoms with Crippen molar-refractivity contribution in [1.29, 1.82) is 0 Å². The van der Waals surface area contributed by atoms with Crippen molar-refractivity contribution in [3.63, 3.8) is 0 Å². The zero-order valence-electron chi connectivity index (χ0n) is 14.0. The molecule has 124 valence electrons. The number of likely N-dealkylation sites (tertiary alicyclic amines) is 1. The molecule has 2 aliphatic rings. The van der Waals surface area contributed by atoms with Gasteiger partial charge in [0.15, 0.2) is 5.65 Å². The molecule has 0 amide bonds. The van der Waals surface area contributed by atoms with E-state index in [2.05, 4.69) is 32.9 Å². The van der Waals surface area contributed by atoms with Crippen LogP contribution in [0, 0.1) is 0 Å². The zero-order chi connectivity index (χ0) is 15.6. The van der Waals surface area contributed by atoms with Gasteiger partial charge in [-0.15, -0.1) is 0 Å². The molecule has 4 rings (SSSR count). The summed E-state index contributed by atoms with van der Waals surface area (Å²) in [6.45, 7) is 4.45. The van der Waals surface area contributed by atoms with Crippen LogP contribution in [-0.2, 0) is 6.54 Å². The maximum absolute atomic E-state index is 4.98. The molecule has 0 bridgehead atoms. The molecule has 4 heterocycles. The SMILES string of the molecule is CN1CCCCC1Cn1c(C2CCNCC2)nc2cccnc21. The van der Waals surface area contributed by atoms with Crippen LogP contribution in [0.1, 0.15) is 43.8 Å². The minimum absolute atomic E-state index is 0.569. The molecule has 2 aliphatic heterocycles. The van der Waals surface area contributed by atoms with E-state index in [1.54, 1.807) is 0 Å². The average Bonchev–Trinajstić information content (AvgIpc) is 2.96. The molecule has 5 nitrogen and oxygen atoms in total. The number of hydrogen-bond donors (Lipinski definition) is 1. The summed E-state index contributed by atoms with van der Waals surface area (Å²) < 4.78 is 2.43. The molecule has 0 aromatic carbocycles. The Kier molecular flexibility index (Phi) is 4.31. The van der Waals surface area contributed by atoms with Crippen molar-refractivity contribution in [3.05, 3.63) is 24.2 Å². The van der Waals surface area contributed by atoms with E-state index in [9.17, 15) is 0 Å². The summed E-state index contributed by atoms with van der Waals surface area (Å²) in [5.74, 6) is 1.83. The standard InChI is InChI=1S/C18H27N5/c1-22-12-3-2-5-15(22)13-23-17(14-7-10-19-11-8-14)21-16-6-4-9-20-18(16)23/h4,6,9,14-15,19H,2-3,5,7-8,10-13H2,1H3. The van der Waals surface area contributed by atoms with Gasteiger partial charge in [0, 0.05) is 24.7 Å². The number of likely N-dealkylation sites (N-methyl/N-ethyl adjacent to an activating group) is 1. The van der Waals surface area contributed by atoms with Gasteiger partial charge in [-0.1, -0.05) is 6.42 Å². The Balaban J connectivity index is 1.70.